The molecule has 1 saturated heterocycles. The molecule has 3 heterocycles. The van der Waals surface area contributed by atoms with Gasteiger partial charge < -0.3 is 20.1 Å². The van der Waals surface area contributed by atoms with E-state index in [0.717, 1.165) is 63.9 Å². The van der Waals surface area contributed by atoms with Gasteiger partial charge in [-0.05, 0) is 75.3 Å². The van der Waals surface area contributed by atoms with Crippen molar-refractivity contribution in [2.45, 2.75) is 70.9 Å². The van der Waals surface area contributed by atoms with E-state index in [2.05, 4.69) is 34.4 Å². The molecule has 1 saturated carbocycles. The number of halogens is 2. The maximum absolute atomic E-state index is 14.8. The number of ether oxygens (including phenoxy) is 2. The van der Waals surface area contributed by atoms with E-state index in [1.165, 1.54) is 12.4 Å². The quantitative estimate of drug-likeness (QED) is 0.426. The lowest BCUT2D eigenvalue weighted by Crippen LogP contribution is -2.41. The molecular formula is C28H40F2N4O2. The van der Waals surface area contributed by atoms with Crippen molar-refractivity contribution in [3.8, 4) is 11.1 Å². The summed E-state index contributed by atoms with van der Waals surface area (Å²) >= 11 is 0. The molecule has 2 aromatic heterocycles. The van der Waals surface area contributed by atoms with Crippen LogP contribution in [0.5, 0.6) is 0 Å². The Kier molecular flexibility index (Phi) is 9.25. The van der Waals surface area contributed by atoms with E-state index < -0.39 is 11.8 Å². The highest BCUT2D eigenvalue weighted by atomic mass is 19.1. The highest BCUT2D eigenvalue weighted by Gasteiger charge is 2.28. The van der Waals surface area contributed by atoms with E-state index in [0.29, 0.717) is 48.0 Å². The first kappa shape index (κ1) is 26.9. The monoisotopic (exact) mass is 502 g/mol. The predicted octanol–water partition coefficient (Wildman–Crippen LogP) is 5.38. The van der Waals surface area contributed by atoms with Gasteiger partial charge in [-0.1, -0.05) is 6.92 Å². The molecule has 6 nitrogen and oxygen atoms in total. The fraction of sp³-hybridized carbons (Fsp3) is 0.643. The molecule has 0 aromatic carbocycles. The van der Waals surface area contributed by atoms with E-state index in [4.69, 9.17) is 9.47 Å². The average molecular weight is 503 g/mol. The third-order valence-electron chi connectivity index (χ3n) is 7.75. The fourth-order valence-corrected chi connectivity index (χ4v) is 5.41. The summed E-state index contributed by atoms with van der Waals surface area (Å²) in [5.41, 5.74) is 2.16. The molecule has 2 N–H and O–H groups in total. The van der Waals surface area contributed by atoms with Gasteiger partial charge in [0.1, 0.15) is 5.82 Å². The van der Waals surface area contributed by atoms with Crippen molar-refractivity contribution < 1.29 is 18.3 Å². The molecule has 36 heavy (non-hydrogen) atoms. The molecule has 1 aliphatic carbocycles. The Balaban J connectivity index is 1.39. The number of hydrogen-bond acceptors (Lipinski definition) is 6. The van der Waals surface area contributed by atoms with Crippen molar-refractivity contribution in [3.05, 3.63) is 42.0 Å². The standard InChI is InChI=1S/C28H40F2N4O2/c1-19(17-35-3)34-22-6-4-20(5-7-22)12-23-14-24(25(29)16-31-23)21-13-26(27(30)32-15-21)33-18-28(2)8-10-36-11-9-28/h13-16,19-20,22,33-34H,4-12,17-18H2,1-3H3/t19-,20?,22?/m0/s1. The summed E-state index contributed by atoms with van der Waals surface area (Å²) in [5.74, 6) is -0.473. The third-order valence-corrected chi connectivity index (χ3v) is 7.75. The maximum Gasteiger partial charge on any atom is 0.236 e. The second-order valence-corrected chi connectivity index (χ2v) is 10.9. The summed E-state index contributed by atoms with van der Waals surface area (Å²) in [4.78, 5) is 8.28. The van der Waals surface area contributed by atoms with Crippen LogP contribution in [0.25, 0.3) is 11.1 Å². The Bertz CT molecular complexity index is 992. The minimum Gasteiger partial charge on any atom is -0.383 e. The Morgan fingerprint density at radius 2 is 1.86 bits per heavy atom. The van der Waals surface area contributed by atoms with E-state index in [1.54, 1.807) is 19.2 Å². The van der Waals surface area contributed by atoms with Gasteiger partial charge in [-0.2, -0.15) is 4.39 Å². The van der Waals surface area contributed by atoms with Crippen molar-refractivity contribution in [2.24, 2.45) is 11.3 Å². The van der Waals surface area contributed by atoms with Crippen molar-refractivity contribution in [3.63, 3.8) is 0 Å². The second-order valence-electron chi connectivity index (χ2n) is 10.9. The molecule has 1 aliphatic heterocycles. The molecule has 0 unspecified atom stereocenters. The van der Waals surface area contributed by atoms with Crippen LogP contribution in [0.15, 0.2) is 24.5 Å². The lowest BCUT2D eigenvalue weighted by atomic mass is 9.82. The van der Waals surface area contributed by atoms with Crippen molar-refractivity contribution >= 4 is 5.69 Å². The zero-order valence-corrected chi connectivity index (χ0v) is 21.8. The zero-order chi connectivity index (χ0) is 25.5. The molecule has 0 amide bonds. The topological polar surface area (TPSA) is 68.3 Å². The molecule has 2 fully saturated rings. The van der Waals surface area contributed by atoms with Crippen molar-refractivity contribution in [1.82, 2.24) is 15.3 Å². The van der Waals surface area contributed by atoms with Crippen LogP contribution in [0.2, 0.25) is 0 Å². The largest absolute Gasteiger partial charge is 0.383 e. The lowest BCUT2D eigenvalue weighted by molar-refractivity contribution is 0.0300. The first-order valence-corrected chi connectivity index (χ1v) is 13.2. The lowest BCUT2D eigenvalue weighted by Gasteiger charge is -2.33. The van der Waals surface area contributed by atoms with E-state index in [-0.39, 0.29) is 5.41 Å². The number of hydrogen-bond donors (Lipinski definition) is 2. The summed E-state index contributed by atoms with van der Waals surface area (Å²) < 4.78 is 40.0. The van der Waals surface area contributed by atoms with Crippen molar-refractivity contribution in [2.75, 3.05) is 38.8 Å². The van der Waals surface area contributed by atoms with Crippen LogP contribution < -0.4 is 10.6 Å². The summed E-state index contributed by atoms with van der Waals surface area (Å²) in [5, 5.41) is 6.86. The van der Waals surface area contributed by atoms with Gasteiger partial charge >= 0.3 is 0 Å². The van der Waals surface area contributed by atoms with Crippen LogP contribution in [0.3, 0.4) is 0 Å². The number of anilines is 1. The number of aromatic nitrogens is 2. The summed E-state index contributed by atoms with van der Waals surface area (Å²) in [6, 6.07) is 4.33. The van der Waals surface area contributed by atoms with E-state index in [1.807, 2.05) is 0 Å². The van der Waals surface area contributed by atoms with Crippen LogP contribution in [0.4, 0.5) is 14.5 Å². The van der Waals surface area contributed by atoms with E-state index in [9.17, 15) is 8.78 Å². The maximum atomic E-state index is 14.8. The Morgan fingerprint density at radius 3 is 2.58 bits per heavy atom. The van der Waals surface area contributed by atoms with Gasteiger partial charge in [0.2, 0.25) is 5.95 Å². The molecule has 0 bridgehead atoms. The van der Waals surface area contributed by atoms with Gasteiger partial charge in [0.05, 0.1) is 18.5 Å². The van der Waals surface area contributed by atoms with Crippen LogP contribution in [-0.2, 0) is 15.9 Å². The third kappa shape index (κ3) is 7.20. The number of nitrogens with one attached hydrogen (secondary N) is 2. The molecule has 4 rings (SSSR count). The minimum atomic E-state index is -0.575. The van der Waals surface area contributed by atoms with Crippen LogP contribution >= 0.6 is 0 Å². The SMILES string of the molecule is COC[C@H](C)NC1CCC(Cc2cc(-c3cnc(F)c(NCC4(C)CCOCC4)c3)c(F)cn2)CC1. The Labute approximate surface area is 213 Å². The zero-order valence-electron chi connectivity index (χ0n) is 21.8. The fourth-order valence-electron chi connectivity index (χ4n) is 5.41. The van der Waals surface area contributed by atoms with Gasteiger partial charge in [-0.15, -0.1) is 0 Å². The molecule has 2 aliphatic rings. The highest BCUT2D eigenvalue weighted by Crippen LogP contribution is 2.33. The minimum absolute atomic E-state index is 0.0339. The van der Waals surface area contributed by atoms with Gasteiger partial charge in [0.15, 0.2) is 0 Å². The number of nitrogens with zero attached hydrogens (tertiary/aromatic N) is 2. The Morgan fingerprint density at radius 1 is 1.11 bits per heavy atom. The van der Waals surface area contributed by atoms with Gasteiger partial charge in [-0.25, -0.2) is 9.37 Å². The molecule has 0 spiro atoms. The molecular weight excluding hydrogens is 462 g/mol. The summed E-state index contributed by atoms with van der Waals surface area (Å²) in [6.45, 7) is 7.09. The molecule has 198 valence electrons. The Hall–Kier alpha value is -2.16. The van der Waals surface area contributed by atoms with Crippen LogP contribution in [0.1, 0.15) is 58.1 Å². The number of rotatable bonds is 10. The summed E-state index contributed by atoms with van der Waals surface area (Å²) in [7, 11) is 1.73. The predicted molar refractivity (Wildman–Crippen MR) is 138 cm³/mol. The smallest absolute Gasteiger partial charge is 0.236 e. The second kappa shape index (κ2) is 12.4. The normalized spacial score (nSPS) is 22.8. The highest BCUT2D eigenvalue weighted by molar-refractivity contribution is 5.67. The van der Waals surface area contributed by atoms with Gasteiger partial charge in [0.25, 0.3) is 0 Å². The molecule has 8 heteroatoms. The van der Waals surface area contributed by atoms with Gasteiger partial charge in [0, 0.05) is 62.0 Å². The molecule has 2 aromatic rings. The van der Waals surface area contributed by atoms with Crippen molar-refractivity contribution in [1.29, 1.82) is 0 Å². The first-order chi connectivity index (χ1) is 17.3. The average Bonchev–Trinajstić information content (AvgIpc) is 2.87. The summed E-state index contributed by atoms with van der Waals surface area (Å²) in [6.07, 6.45) is 9.80. The molecule has 1 atom stereocenters. The van der Waals surface area contributed by atoms with Crippen LogP contribution in [-0.4, -0.2) is 55.5 Å². The molecule has 0 radical (unpaired) electrons. The number of pyridine rings is 2. The van der Waals surface area contributed by atoms with Gasteiger partial charge in [-0.3, -0.25) is 4.98 Å². The number of methoxy groups -OCH3 is 1. The first-order valence-electron chi connectivity index (χ1n) is 13.2. The van der Waals surface area contributed by atoms with E-state index >= 15 is 0 Å². The van der Waals surface area contributed by atoms with Crippen LogP contribution in [0, 0.1) is 23.1 Å².